The first-order valence-corrected chi connectivity index (χ1v) is 6.92. The van der Waals surface area contributed by atoms with Crippen LogP contribution in [0.25, 0.3) is 11.3 Å². The summed E-state index contributed by atoms with van der Waals surface area (Å²) in [6.07, 6.45) is 5.15. The number of rotatable bonds is 1. The van der Waals surface area contributed by atoms with Crippen molar-refractivity contribution < 1.29 is 0 Å². The molecule has 1 aromatic carbocycles. The van der Waals surface area contributed by atoms with Gasteiger partial charge in [-0.3, -0.25) is 0 Å². The second kappa shape index (κ2) is 4.15. The molecule has 2 aromatic rings. The number of thiazole rings is 1. The van der Waals surface area contributed by atoms with E-state index in [0.717, 1.165) is 9.65 Å². The first-order valence-electron chi connectivity index (χ1n) is 5.63. The average molecular weight is 247 g/mol. The van der Waals surface area contributed by atoms with Gasteiger partial charge in [0.15, 0.2) is 3.95 Å². The second-order valence-electron chi connectivity index (χ2n) is 4.25. The summed E-state index contributed by atoms with van der Waals surface area (Å²) in [5.74, 6) is 0. The van der Waals surface area contributed by atoms with E-state index in [0.29, 0.717) is 0 Å². The molecule has 0 bridgehead atoms. The molecule has 3 rings (SSSR count). The Morgan fingerprint density at radius 1 is 1.12 bits per heavy atom. The lowest BCUT2D eigenvalue weighted by molar-refractivity contribution is 0.686. The number of hydrogen-bond donors (Lipinski definition) is 1. The molecule has 0 atom stereocenters. The van der Waals surface area contributed by atoms with E-state index in [2.05, 4.69) is 28.6 Å². The van der Waals surface area contributed by atoms with E-state index in [1.54, 1.807) is 11.3 Å². The predicted molar refractivity (Wildman–Crippen MR) is 71.6 cm³/mol. The van der Waals surface area contributed by atoms with Crippen molar-refractivity contribution in [3.8, 4) is 11.3 Å². The van der Waals surface area contributed by atoms with E-state index >= 15 is 0 Å². The highest BCUT2D eigenvalue weighted by Gasteiger charge is 2.10. The lowest BCUT2D eigenvalue weighted by Gasteiger charge is -2.16. The van der Waals surface area contributed by atoms with Crippen LogP contribution in [0, 0.1) is 3.95 Å². The molecule has 0 aliphatic heterocycles. The standard InChI is InChI=1S/C13H13NS2/c15-13-14-12(8-16-13)11-6-5-9-3-1-2-4-10(9)7-11/h5-8H,1-4H2,(H,14,15). The summed E-state index contributed by atoms with van der Waals surface area (Å²) in [5, 5.41) is 2.10. The van der Waals surface area contributed by atoms with Crippen LogP contribution < -0.4 is 0 Å². The first-order chi connectivity index (χ1) is 7.83. The van der Waals surface area contributed by atoms with Crippen molar-refractivity contribution in [1.29, 1.82) is 0 Å². The quantitative estimate of drug-likeness (QED) is 0.741. The molecule has 1 aromatic heterocycles. The minimum absolute atomic E-state index is 0.854. The molecule has 0 fully saturated rings. The number of hydrogen-bond acceptors (Lipinski definition) is 2. The Balaban J connectivity index is 2.06. The van der Waals surface area contributed by atoms with Crippen LogP contribution in [0.4, 0.5) is 0 Å². The van der Waals surface area contributed by atoms with Crippen LogP contribution in [-0.2, 0) is 12.8 Å². The van der Waals surface area contributed by atoms with Crippen molar-refractivity contribution >= 4 is 23.6 Å². The minimum Gasteiger partial charge on any atom is -0.337 e. The first kappa shape index (κ1) is 10.2. The summed E-state index contributed by atoms with van der Waals surface area (Å²) < 4.78 is 0.854. The second-order valence-corrected chi connectivity index (χ2v) is 5.80. The van der Waals surface area contributed by atoms with Gasteiger partial charge in [0.2, 0.25) is 0 Å². The fourth-order valence-corrected chi connectivity index (χ4v) is 3.17. The number of nitrogens with one attached hydrogen (secondary N) is 1. The predicted octanol–water partition coefficient (Wildman–Crippen LogP) is 4.35. The molecule has 1 nitrogen and oxygen atoms in total. The molecule has 0 amide bonds. The van der Waals surface area contributed by atoms with Gasteiger partial charge in [0.05, 0.1) is 5.69 Å². The Morgan fingerprint density at radius 3 is 2.69 bits per heavy atom. The van der Waals surface area contributed by atoms with Crippen molar-refractivity contribution in [2.45, 2.75) is 25.7 Å². The smallest absolute Gasteiger partial charge is 0.158 e. The molecule has 1 aliphatic carbocycles. The molecule has 0 unspecified atom stereocenters. The zero-order valence-electron chi connectivity index (χ0n) is 8.95. The van der Waals surface area contributed by atoms with Gasteiger partial charge in [-0.2, -0.15) is 0 Å². The summed E-state index contributed by atoms with van der Waals surface area (Å²) in [4.78, 5) is 3.23. The molecule has 1 heterocycles. The van der Waals surface area contributed by atoms with Crippen molar-refractivity contribution in [3.05, 3.63) is 38.7 Å². The van der Waals surface area contributed by atoms with E-state index in [1.807, 2.05) is 0 Å². The van der Waals surface area contributed by atoms with Crippen LogP contribution in [0.2, 0.25) is 0 Å². The van der Waals surface area contributed by atoms with E-state index in [9.17, 15) is 0 Å². The molecule has 3 heteroatoms. The normalized spacial score (nSPS) is 14.8. The summed E-state index contributed by atoms with van der Waals surface area (Å²) in [7, 11) is 0. The zero-order valence-corrected chi connectivity index (χ0v) is 10.6. The molecule has 1 aliphatic rings. The third-order valence-corrected chi connectivity index (χ3v) is 4.24. The van der Waals surface area contributed by atoms with Crippen molar-refractivity contribution in [2.75, 3.05) is 0 Å². The zero-order chi connectivity index (χ0) is 11.0. The van der Waals surface area contributed by atoms with Gasteiger partial charge >= 0.3 is 0 Å². The Hall–Kier alpha value is -0.930. The monoisotopic (exact) mass is 247 g/mol. The third-order valence-electron chi connectivity index (χ3n) is 3.18. The van der Waals surface area contributed by atoms with E-state index in [4.69, 9.17) is 12.2 Å². The summed E-state index contributed by atoms with van der Waals surface area (Å²) in [6, 6.07) is 6.80. The van der Waals surface area contributed by atoms with Crippen LogP contribution in [0.5, 0.6) is 0 Å². The van der Waals surface area contributed by atoms with Gasteiger partial charge in [-0.1, -0.05) is 12.1 Å². The van der Waals surface area contributed by atoms with Crippen molar-refractivity contribution in [1.82, 2.24) is 4.98 Å². The van der Waals surface area contributed by atoms with Crippen LogP contribution in [0.1, 0.15) is 24.0 Å². The van der Waals surface area contributed by atoms with Crippen LogP contribution in [0.15, 0.2) is 23.6 Å². The van der Waals surface area contributed by atoms with Crippen LogP contribution in [-0.4, -0.2) is 4.98 Å². The lowest BCUT2D eigenvalue weighted by atomic mass is 9.90. The maximum atomic E-state index is 5.12. The van der Waals surface area contributed by atoms with Gasteiger partial charge in [-0.15, -0.1) is 11.3 Å². The fourth-order valence-electron chi connectivity index (χ4n) is 2.32. The molecule has 0 saturated heterocycles. The van der Waals surface area contributed by atoms with Crippen molar-refractivity contribution in [2.24, 2.45) is 0 Å². The highest BCUT2D eigenvalue weighted by molar-refractivity contribution is 7.73. The van der Waals surface area contributed by atoms with Crippen LogP contribution >= 0.6 is 23.6 Å². The van der Waals surface area contributed by atoms with Gasteiger partial charge in [-0.05, 0) is 60.7 Å². The molecule has 82 valence electrons. The Labute approximate surface area is 104 Å². The summed E-state index contributed by atoms with van der Waals surface area (Å²) in [6.45, 7) is 0. The number of benzene rings is 1. The van der Waals surface area contributed by atoms with Crippen LogP contribution in [0.3, 0.4) is 0 Å². The van der Waals surface area contributed by atoms with E-state index < -0.39 is 0 Å². The SMILES string of the molecule is S=c1[nH]c(-c2ccc3c(c2)CCCC3)cs1. The van der Waals surface area contributed by atoms with Gasteiger partial charge in [0.1, 0.15) is 0 Å². The van der Waals surface area contributed by atoms with E-state index in [1.165, 1.54) is 42.4 Å². The van der Waals surface area contributed by atoms with Gasteiger partial charge in [0.25, 0.3) is 0 Å². The van der Waals surface area contributed by atoms with Crippen molar-refractivity contribution in [3.63, 3.8) is 0 Å². The molecule has 1 N–H and O–H groups in total. The molecule has 16 heavy (non-hydrogen) atoms. The topological polar surface area (TPSA) is 15.8 Å². The maximum absolute atomic E-state index is 5.12. The maximum Gasteiger partial charge on any atom is 0.158 e. The highest BCUT2D eigenvalue weighted by Crippen LogP contribution is 2.27. The highest BCUT2D eigenvalue weighted by atomic mass is 32.1. The number of aromatic amines is 1. The molecule has 0 saturated carbocycles. The number of fused-ring (bicyclic) bond motifs is 1. The Bertz CT molecular complexity index is 565. The van der Waals surface area contributed by atoms with E-state index in [-0.39, 0.29) is 0 Å². The molecular weight excluding hydrogens is 234 g/mol. The summed E-state index contributed by atoms with van der Waals surface area (Å²) in [5.41, 5.74) is 5.48. The Kier molecular flexibility index (Phi) is 2.65. The average Bonchev–Trinajstić information content (AvgIpc) is 2.75. The number of H-pyrrole nitrogens is 1. The lowest BCUT2D eigenvalue weighted by Crippen LogP contribution is -2.02. The Morgan fingerprint density at radius 2 is 1.94 bits per heavy atom. The molecular formula is C13H13NS2. The van der Waals surface area contributed by atoms with Gasteiger partial charge in [0, 0.05) is 5.38 Å². The molecule has 0 spiro atoms. The minimum atomic E-state index is 0.854. The number of aromatic nitrogens is 1. The van der Waals surface area contributed by atoms with Gasteiger partial charge < -0.3 is 4.98 Å². The summed E-state index contributed by atoms with van der Waals surface area (Å²) >= 11 is 6.71. The third kappa shape index (κ3) is 1.85. The number of aryl methyl sites for hydroxylation is 2. The van der Waals surface area contributed by atoms with Gasteiger partial charge in [-0.25, -0.2) is 0 Å². The fraction of sp³-hybridized carbons (Fsp3) is 0.308. The largest absolute Gasteiger partial charge is 0.337 e. The molecule has 0 radical (unpaired) electrons.